The zero-order chi connectivity index (χ0) is 13.9. The number of nitrogens with zero attached hydrogens (tertiary/aromatic N) is 2. The molecule has 1 saturated carbocycles. The maximum atomic E-state index is 5.78. The molecule has 1 aliphatic carbocycles. The quantitative estimate of drug-likeness (QED) is 0.876. The molecule has 2 aromatic rings. The summed E-state index contributed by atoms with van der Waals surface area (Å²) in [4.78, 5) is 7.34. The summed E-state index contributed by atoms with van der Waals surface area (Å²) in [7, 11) is 0. The van der Waals surface area contributed by atoms with Crippen molar-refractivity contribution in [1.29, 1.82) is 0 Å². The Hall–Kier alpha value is -1.61. The van der Waals surface area contributed by atoms with Crippen LogP contribution < -0.4 is 10.6 Å². The van der Waals surface area contributed by atoms with Gasteiger partial charge in [-0.3, -0.25) is 0 Å². The van der Waals surface area contributed by atoms with E-state index in [1.807, 2.05) is 0 Å². The van der Waals surface area contributed by atoms with Gasteiger partial charge in [-0.25, -0.2) is 4.98 Å². The van der Waals surface area contributed by atoms with Crippen LogP contribution in [-0.2, 0) is 6.42 Å². The number of hydrogen-bond acceptors (Lipinski definition) is 3. The molecule has 0 aliphatic heterocycles. The SMILES string of the molecule is CCN(CC1CC1)c1nc2ccccc2cc1CCN. The van der Waals surface area contributed by atoms with E-state index in [-0.39, 0.29) is 0 Å². The molecule has 0 amide bonds. The van der Waals surface area contributed by atoms with E-state index in [1.54, 1.807) is 0 Å². The van der Waals surface area contributed by atoms with Crippen molar-refractivity contribution in [2.75, 3.05) is 24.5 Å². The fraction of sp³-hybridized carbons (Fsp3) is 0.471. The van der Waals surface area contributed by atoms with Gasteiger partial charge in [-0.2, -0.15) is 0 Å². The van der Waals surface area contributed by atoms with Gasteiger partial charge in [0.15, 0.2) is 0 Å². The Balaban J connectivity index is 2.02. The van der Waals surface area contributed by atoms with Crippen LogP contribution in [0, 0.1) is 5.92 Å². The zero-order valence-corrected chi connectivity index (χ0v) is 12.2. The third-order valence-corrected chi connectivity index (χ3v) is 4.05. The molecule has 3 rings (SSSR count). The van der Waals surface area contributed by atoms with E-state index >= 15 is 0 Å². The fourth-order valence-electron chi connectivity index (χ4n) is 2.74. The second-order valence-corrected chi connectivity index (χ2v) is 5.68. The molecule has 1 aromatic heterocycles. The summed E-state index contributed by atoms with van der Waals surface area (Å²) in [6, 6.07) is 10.6. The molecule has 0 saturated heterocycles. The van der Waals surface area contributed by atoms with E-state index < -0.39 is 0 Å². The topological polar surface area (TPSA) is 42.2 Å². The van der Waals surface area contributed by atoms with E-state index in [4.69, 9.17) is 10.7 Å². The normalized spacial score (nSPS) is 14.7. The molecule has 2 N–H and O–H groups in total. The Bertz CT molecular complexity index is 590. The number of aromatic nitrogens is 1. The molecule has 0 spiro atoms. The number of rotatable bonds is 6. The number of pyridine rings is 1. The molecule has 0 unspecified atom stereocenters. The van der Waals surface area contributed by atoms with Crippen molar-refractivity contribution < 1.29 is 0 Å². The lowest BCUT2D eigenvalue weighted by Crippen LogP contribution is -2.27. The van der Waals surface area contributed by atoms with E-state index in [2.05, 4.69) is 42.2 Å². The first-order valence-corrected chi connectivity index (χ1v) is 7.65. The third kappa shape index (κ3) is 2.78. The number of hydrogen-bond donors (Lipinski definition) is 1. The van der Waals surface area contributed by atoms with Gasteiger partial charge in [-0.1, -0.05) is 18.2 Å². The van der Waals surface area contributed by atoms with Gasteiger partial charge in [0, 0.05) is 18.5 Å². The fourth-order valence-corrected chi connectivity index (χ4v) is 2.74. The maximum Gasteiger partial charge on any atom is 0.132 e. The summed E-state index contributed by atoms with van der Waals surface area (Å²) >= 11 is 0. The van der Waals surface area contributed by atoms with Crippen molar-refractivity contribution in [3.8, 4) is 0 Å². The van der Waals surface area contributed by atoms with Crippen LogP contribution in [-0.4, -0.2) is 24.6 Å². The van der Waals surface area contributed by atoms with Crippen molar-refractivity contribution in [3.63, 3.8) is 0 Å². The summed E-state index contributed by atoms with van der Waals surface area (Å²) in [5, 5.41) is 1.21. The molecule has 3 nitrogen and oxygen atoms in total. The van der Waals surface area contributed by atoms with Crippen molar-refractivity contribution in [2.45, 2.75) is 26.2 Å². The molecule has 1 heterocycles. The molecule has 0 radical (unpaired) electrons. The van der Waals surface area contributed by atoms with E-state index in [0.29, 0.717) is 6.54 Å². The van der Waals surface area contributed by atoms with Gasteiger partial charge < -0.3 is 10.6 Å². The van der Waals surface area contributed by atoms with Crippen LogP contribution in [0.15, 0.2) is 30.3 Å². The zero-order valence-electron chi connectivity index (χ0n) is 12.2. The molecule has 20 heavy (non-hydrogen) atoms. The Morgan fingerprint density at radius 2 is 2.10 bits per heavy atom. The van der Waals surface area contributed by atoms with Crippen molar-refractivity contribution in [1.82, 2.24) is 4.98 Å². The molecule has 1 aromatic carbocycles. The first-order valence-electron chi connectivity index (χ1n) is 7.65. The summed E-state index contributed by atoms with van der Waals surface area (Å²) in [6.45, 7) is 5.04. The molecular weight excluding hydrogens is 246 g/mol. The second-order valence-electron chi connectivity index (χ2n) is 5.68. The highest BCUT2D eigenvalue weighted by atomic mass is 15.2. The molecular formula is C17H23N3. The van der Waals surface area contributed by atoms with Gasteiger partial charge in [0.25, 0.3) is 0 Å². The van der Waals surface area contributed by atoms with Gasteiger partial charge in [-0.05, 0) is 56.3 Å². The van der Waals surface area contributed by atoms with Gasteiger partial charge in [0.1, 0.15) is 5.82 Å². The molecule has 1 fully saturated rings. The number of anilines is 1. The predicted octanol–water partition coefficient (Wildman–Crippen LogP) is 2.97. The van der Waals surface area contributed by atoms with E-state index in [0.717, 1.165) is 36.8 Å². The Morgan fingerprint density at radius 1 is 1.30 bits per heavy atom. The van der Waals surface area contributed by atoms with Crippen LogP contribution in [0.25, 0.3) is 10.9 Å². The minimum atomic E-state index is 0.675. The molecule has 0 atom stereocenters. The predicted molar refractivity (Wildman–Crippen MR) is 85.1 cm³/mol. The first kappa shape index (κ1) is 13.4. The van der Waals surface area contributed by atoms with Crippen molar-refractivity contribution >= 4 is 16.7 Å². The van der Waals surface area contributed by atoms with Crippen LogP contribution in [0.2, 0.25) is 0 Å². The number of benzene rings is 1. The van der Waals surface area contributed by atoms with Crippen molar-refractivity contribution in [3.05, 3.63) is 35.9 Å². The van der Waals surface area contributed by atoms with Gasteiger partial charge in [-0.15, -0.1) is 0 Å². The van der Waals surface area contributed by atoms with Crippen LogP contribution in [0.4, 0.5) is 5.82 Å². The third-order valence-electron chi connectivity index (χ3n) is 4.05. The van der Waals surface area contributed by atoms with Crippen LogP contribution in [0.1, 0.15) is 25.3 Å². The van der Waals surface area contributed by atoms with E-state index in [1.165, 1.54) is 23.8 Å². The summed E-state index contributed by atoms with van der Waals surface area (Å²) in [5.41, 5.74) is 8.15. The molecule has 3 heteroatoms. The largest absolute Gasteiger partial charge is 0.356 e. The minimum absolute atomic E-state index is 0.675. The molecule has 1 aliphatic rings. The minimum Gasteiger partial charge on any atom is -0.356 e. The Kier molecular flexibility index (Phi) is 3.88. The summed E-state index contributed by atoms with van der Waals surface area (Å²) in [6.07, 6.45) is 3.64. The molecule has 106 valence electrons. The highest BCUT2D eigenvalue weighted by molar-refractivity contribution is 5.81. The van der Waals surface area contributed by atoms with Gasteiger partial charge in [0.05, 0.1) is 5.52 Å². The Labute approximate surface area is 120 Å². The lowest BCUT2D eigenvalue weighted by molar-refractivity contribution is 0.727. The summed E-state index contributed by atoms with van der Waals surface area (Å²) in [5.74, 6) is 2.01. The average molecular weight is 269 g/mol. The monoisotopic (exact) mass is 269 g/mol. The second kappa shape index (κ2) is 5.80. The highest BCUT2D eigenvalue weighted by Gasteiger charge is 2.25. The van der Waals surface area contributed by atoms with E-state index in [9.17, 15) is 0 Å². The van der Waals surface area contributed by atoms with Crippen molar-refractivity contribution in [2.24, 2.45) is 11.7 Å². The van der Waals surface area contributed by atoms with Gasteiger partial charge >= 0.3 is 0 Å². The maximum absolute atomic E-state index is 5.78. The lowest BCUT2D eigenvalue weighted by Gasteiger charge is -2.25. The Morgan fingerprint density at radius 3 is 2.80 bits per heavy atom. The lowest BCUT2D eigenvalue weighted by atomic mass is 10.1. The first-order chi connectivity index (χ1) is 9.81. The number of fused-ring (bicyclic) bond motifs is 1. The molecule has 0 bridgehead atoms. The average Bonchev–Trinajstić information content (AvgIpc) is 3.28. The summed E-state index contributed by atoms with van der Waals surface area (Å²) < 4.78 is 0. The van der Waals surface area contributed by atoms with Crippen LogP contribution in [0.3, 0.4) is 0 Å². The number of para-hydroxylation sites is 1. The standard InChI is InChI=1S/C17H23N3/c1-2-20(12-13-7-8-13)17-15(9-10-18)11-14-5-3-4-6-16(14)19-17/h3-6,11,13H,2,7-10,12,18H2,1H3. The number of nitrogens with two attached hydrogens (primary N) is 1. The smallest absolute Gasteiger partial charge is 0.132 e. The van der Waals surface area contributed by atoms with Crippen LogP contribution >= 0.6 is 0 Å². The van der Waals surface area contributed by atoms with Crippen LogP contribution in [0.5, 0.6) is 0 Å². The van der Waals surface area contributed by atoms with Gasteiger partial charge in [0.2, 0.25) is 0 Å². The highest BCUT2D eigenvalue weighted by Crippen LogP contribution is 2.32.